The van der Waals surface area contributed by atoms with Gasteiger partial charge in [-0.15, -0.1) is 0 Å². The van der Waals surface area contributed by atoms with Gasteiger partial charge in [-0.25, -0.2) is 9.59 Å². The van der Waals surface area contributed by atoms with Crippen molar-refractivity contribution in [2.45, 2.75) is 38.0 Å². The first kappa shape index (κ1) is 16.2. The minimum Gasteiger partial charge on any atom is -0.478 e. The average Bonchev–Trinajstić information content (AvgIpc) is 2.75. The van der Waals surface area contributed by atoms with Crippen molar-refractivity contribution in [3.05, 3.63) is 70.3 Å². The zero-order valence-electron chi connectivity index (χ0n) is 14.0. The fourth-order valence-corrected chi connectivity index (χ4v) is 4.18. The third-order valence-corrected chi connectivity index (χ3v) is 5.14. The summed E-state index contributed by atoms with van der Waals surface area (Å²) in [7, 11) is 0. The molecule has 0 saturated heterocycles. The molecule has 0 amide bonds. The maximum absolute atomic E-state index is 11.8. The van der Waals surface area contributed by atoms with Gasteiger partial charge >= 0.3 is 11.9 Å². The van der Waals surface area contributed by atoms with Gasteiger partial charge in [-0.3, -0.25) is 0 Å². The van der Waals surface area contributed by atoms with Crippen molar-refractivity contribution in [3.63, 3.8) is 0 Å². The second kappa shape index (κ2) is 5.20. The number of hydrogen-bond acceptors (Lipinski definition) is 2. The van der Waals surface area contributed by atoms with Crippen molar-refractivity contribution in [1.82, 2.24) is 0 Å². The van der Waals surface area contributed by atoms with Crippen molar-refractivity contribution in [1.29, 1.82) is 0 Å². The summed E-state index contributed by atoms with van der Waals surface area (Å²) in [4.78, 5) is 22.8. The summed E-state index contributed by atoms with van der Waals surface area (Å²) in [6.07, 6.45) is 0.770. The Balaban J connectivity index is 2.23. The highest BCUT2D eigenvalue weighted by Gasteiger charge is 2.47. The van der Waals surface area contributed by atoms with Crippen LogP contribution >= 0.6 is 0 Å². The molecule has 0 saturated carbocycles. The van der Waals surface area contributed by atoms with Gasteiger partial charge in [-0.05, 0) is 46.7 Å². The largest absolute Gasteiger partial charge is 0.478 e. The van der Waals surface area contributed by atoms with Gasteiger partial charge in [-0.1, -0.05) is 45.0 Å². The summed E-state index contributed by atoms with van der Waals surface area (Å²) in [6, 6.07) is 12.2. The first-order chi connectivity index (χ1) is 11.2. The van der Waals surface area contributed by atoms with E-state index < -0.39 is 17.4 Å². The molecule has 0 radical (unpaired) electrons. The van der Waals surface area contributed by atoms with Crippen LogP contribution in [0.15, 0.2) is 42.5 Å². The first-order valence-electron chi connectivity index (χ1n) is 7.88. The number of aromatic carboxylic acids is 2. The molecule has 24 heavy (non-hydrogen) atoms. The normalized spacial score (nSPS) is 21.3. The average molecular weight is 324 g/mol. The molecule has 1 atom stereocenters. The van der Waals surface area contributed by atoms with Crippen molar-refractivity contribution >= 4 is 11.9 Å². The summed E-state index contributed by atoms with van der Waals surface area (Å²) in [6.45, 7) is 6.28. The van der Waals surface area contributed by atoms with E-state index >= 15 is 0 Å². The molecule has 4 nitrogen and oxygen atoms in total. The topological polar surface area (TPSA) is 74.6 Å². The van der Waals surface area contributed by atoms with Crippen LogP contribution in [0.5, 0.6) is 0 Å². The van der Waals surface area contributed by atoms with E-state index in [-0.39, 0.29) is 11.0 Å². The highest BCUT2D eigenvalue weighted by molar-refractivity contribution is 5.91. The maximum atomic E-state index is 11.8. The molecule has 0 spiro atoms. The lowest BCUT2D eigenvalue weighted by atomic mass is 9.74. The Hall–Kier alpha value is -2.62. The predicted octanol–water partition coefficient (Wildman–Crippen LogP) is 4.07. The Morgan fingerprint density at radius 3 is 2.08 bits per heavy atom. The van der Waals surface area contributed by atoms with E-state index in [0.29, 0.717) is 5.56 Å². The lowest BCUT2D eigenvalue weighted by molar-refractivity contribution is 0.0685. The zero-order valence-corrected chi connectivity index (χ0v) is 14.0. The van der Waals surface area contributed by atoms with Crippen molar-refractivity contribution in [3.8, 4) is 0 Å². The predicted molar refractivity (Wildman–Crippen MR) is 90.9 cm³/mol. The SMILES string of the molecule is CC1(C)CC(C)(c2ccc(C(=O)O)cc2)c2c(C(=O)O)cccc21. The minimum atomic E-state index is -0.968. The van der Waals surface area contributed by atoms with E-state index in [2.05, 4.69) is 13.8 Å². The van der Waals surface area contributed by atoms with Crippen molar-refractivity contribution in [2.75, 3.05) is 0 Å². The number of carboxylic acids is 2. The molecule has 2 aromatic rings. The number of rotatable bonds is 3. The van der Waals surface area contributed by atoms with E-state index in [9.17, 15) is 14.7 Å². The molecule has 4 heteroatoms. The van der Waals surface area contributed by atoms with Crippen LogP contribution in [0.2, 0.25) is 0 Å². The molecule has 1 unspecified atom stereocenters. The highest BCUT2D eigenvalue weighted by Crippen LogP contribution is 2.53. The Labute approximate surface area is 140 Å². The molecule has 0 heterocycles. The van der Waals surface area contributed by atoms with Crippen LogP contribution in [0, 0.1) is 0 Å². The van der Waals surface area contributed by atoms with E-state index in [1.165, 1.54) is 0 Å². The highest BCUT2D eigenvalue weighted by atomic mass is 16.4. The van der Waals surface area contributed by atoms with E-state index in [0.717, 1.165) is 23.1 Å². The zero-order chi connectivity index (χ0) is 17.7. The van der Waals surface area contributed by atoms with Gasteiger partial charge in [0.2, 0.25) is 0 Å². The summed E-state index contributed by atoms with van der Waals surface area (Å²) in [5, 5.41) is 18.7. The second-order valence-electron chi connectivity index (χ2n) is 7.31. The summed E-state index contributed by atoms with van der Waals surface area (Å²) < 4.78 is 0. The van der Waals surface area contributed by atoms with Gasteiger partial charge in [-0.2, -0.15) is 0 Å². The third kappa shape index (κ3) is 2.30. The number of benzene rings is 2. The van der Waals surface area contributed by atoms with Gasteiger partial charge in [0, 0.05) is 5.41 Å². The lowest BCUT2D eigenvalue weighted by Crippen LogP contribution is -2.25. The van der Waals surface area contributed by atoms with Crippen LogP contribution in [-0.4, -0.2) is 22.2 Å². The monoisotopic (exact) mass is 324 g/mol. The van der Waals surface area contributed by atoms with Gasteiger partial charge < -0.3 is 10.2 Å². The van der Waals surface area contributed by atoms with Gasteiger partial charge in [0.15, 0.2) is 0 Å². The van der Waals surface area contributed by atoms with Gasteiger partial charge in [0.05, 0.1) is 11.1 Å². The molecule has 124 valence electrons. The van der Waals surface area contributed by atoms with Crippen LogP contribution in [0.25, 0.3) is 0 Å². The molecule has 1 aliphatic carbocycles. The Bertz CT molecular complexity index is 833. The fourth-order valence-electron chi connectivity index (χ4n) is 4.18. The molecule has 0 aliphatic heterocycles. The molecule has 2 aromatic carbocycles. The van der Waals surface area contributed by atoms with Crippen LogP contribution in [0.4, 0.5) is 0 Å². The molecule has 2 N–H and O–H groups in total. The summed E-state index contributed by atoms with van der Waals surface area (Å²) in [5.74, 6) is -1.90. The maximum Gasteiger partial charge on any atom is 0.336 e. The quantitative estimate of drug-likeness (QED) is 0.892. The number of hydrogen-bond donors (Lipinski definition) is 2. The molecular weight excluding hydrogens is 304 g/mol. The molecule has 0 bridgehead atoms. The first-order valence-corrected chi connectivity index (χ1v) is 7.88. The summed E-state index contributed by atoms with van der Waals surface area (Å²) >= 11 is 0. The Morgan fingerprint density at radius 2 is 1.54 bits per heavy atom. The number of carbonyl (C=O) groups is 2. The second-order valence-corrected chi connectivity index (χ2v) is 7.31. The number of fused-ring (bicyclic) bond motifs is 1. The van der Waals surface area contributed by atoms with Crippen LogP contribution in [0.1, 0.15) is 64.6 Å². The molecule has 3 rings (SSSR count). The van der Waals surface area contributed by atoms with Crippen LogP contribution in [0.3, 0.4) is 0 Å². The van der Waals surface area contributed by atoms with E-state index in [4.69, 9.17) is 5.11 Å². The van der Waals surface area contributed by atoms with Crippen molar-refractivity contribution in [2.24, 2.45) is 0 Å². The van der Waals surface area contributed by atoms with Gasteiger partial charge in [0.25, 0.3) is 0 Å². The smallest absolute Gasteiger partial charge is 0.336 e. The van der Waals surface area contributed by atoms with E-state index in [1.54, 1.807) is 36.4 Å². The molecule has 0 fully saturated rings. The third-order valence-electron chi connectivity index (χ3n) is 5.14. The number of carboxylic acid groups (broad SMARTS) is 2. The fraction of sp³-hybridized carbons (Fsp3) is 0.300. The van der Waals surface area contributed by atoms with Gasteiger partial charge in [0.1, 0.15) is 0 Å². The Morgan fingerprint density at radius 1 is 0.917 bits per heavy atom. The van der Waals surface area contributed by atoms with E-state index in [1.807, 2.05) is 13.0 Å². The van der Waals surface area contributed by atoms with Crippen molar-refractivity contribution < 1.29 is 19.8 Å². The molecular formula is C20H20O4. The van der Waals surface area contributed by atoms with Crippen LogP contribution in [-0.2, 0) is 10.8 Å². The minimum absolute atomic E-state index is 0.152. The molecule has 1 aliphatic rings. The Kier molecular flexibility index (Phi) is 3.52. The lowest BCUT2D eigenvalue weighted by Gasteiger charge is -2.29. The standard InChI is InChI=1S/C20H20O4/c1-19(2)11-20(3,13-9-7-12(8-10-13)17(21)22)16-14(18(23)24)5-4-6-15(16)19/h4-10H,11H2,1-3H3,(H,21,22)(H,23,24). The van der Waals surface area contributed by atoms with Crippen LogP contribution < -0.4 is 0 Å². The molecule has 0 aromatic heterocycles. The summed E-state index contributed by atoms with van der Waals surface area (Å²) in [5.41, 5.74) is 2.76.